The van der Waals surface area contributed by atoms with E-state index < -0.39 is 0 Å². The first kappa shape index (κ1) is 25.0. The molecule has 0 unspecified atom stereocenters. The van der Waals surface area contributed by atoms with E-state index in [2.05, 4.69) is 127 Å². The van der Waals surface area contributed by atoms with Gasteiger partial charge >= 0.3 is 0 Å². The lowest BCUT2D eigenvalue weighted by Gasteiger charge is -2.25. The first-order valence-electron chi connectivity index (χ1n) is 13.5. The molecule has 1 heterocycles. The molecule has 0 saturated carbocycles. The molecule has 5 rings (SSSR count). The zero-order chi connectivity index (χ0) is 25.6. The smallest absolute Gasteiger partial charge is 0.140 e. The lowest BCUT2D eigenvalue weighted by atomic mass is 10.0. The molecule has 4 aromatic carbocycles. The Morgan fingerprint density at radius 1 is 0.757 bits per heavy atom. The molecule has 0 atom stereocenters. The molecule has 0 aliphatic rings. The monoisotopic (exact) mass is 487 g/mol. The van der Waals surface area contributed by atoms with E-state index in [0.29, 0.717) is 0 Å². The van der Waals surface area contributed by atoms with Crippen LogP contribution in [0.4, 0.5) is 0 Å². The number of imidazole rings is 1. The summed E-state index contributed by atoms with van der Waals surface area (Å²) in [5, 5.41) is 2.63. The molecule has 188 valence electrons. The van der Waals surface area contributed by atoms with Crippen LogP contribution in [0.3, 0.4) is 0 Å². The fraction of sp³-hybridized carbons (Fsp3) is 0.265. The van der Waals surface area contributed by atoms with Crippen LogP contribution in [0.15, 0.2) is 97.2 Å². The Balaban J connectivity index is 1.51. The van der Waals surface area contributed by atoms with Crippen LogP contribution < -0.4 is 0 Å². The maximum Gasteiger partial charge on any atom is 0.140 e. The average molecular weight is 488 g/mol. The van der Waals surface area contributed by atoms with E-state index >= 15 is 0 Å². The highest BCUT2D eigenvalue weighted by atomic mass is 15.2. The Bertz CT molecular complexity index is 1460. The van der Waals surface area contributed by atoms with Crippen molar-refractivity contribution in [1.29, 1.82) is 0 Å². The minimum absolute atomic E-state index is 0.847. The molecule has 0 spiro atoms. The van der Waals surface area contributed by atoms with E-state index in [9.17, 15) is 0 Å². The van der Waals surface area contributed by atoms with E-state index in [-0.39, 0.29) is 0 Å². The second-order valence-corrected chi connectivity index (χ2v) is 10.1. The molecule has 3 nitrogen and oxygen atoms in total. The van der Waals surface area contributed by atoms with Crippen LogP contribution in [0.1, 0.15) is 47.7 Å². The molecule has 0 N–H and O–H groups in total. The largest absolute Gasteiger partial charge is 0.327 e. The Hall–Kier alpha value is -3.69. The Labute approximate surface area is 221 Å². The summed E-state index contributed by atoms with van der Waals surface area (Å²) in [7, 11) is 0. The Morgan fingerprint density at radius 2 is 1.54 bits per heavy atom. The summed E-state index contributed by atoms with van der Waals surface area (Å²) in [6.07, 6.45) is 4.40. The van der Waals surface area contributed by atoms with Crippen LogP contribution in [0.25, 0.3) is 22.2 Å². The maximum atomic E-state index is 4.92. The summed E-state index contributed by atoms with van der Waals surface area (Å²) in [5.41, 5.74) is 7.86. The van der Waals surface area contributed by atoms with E-state index in [4.69, 9.17) is 4.98 Å². The molecule has 37 heavy (non-hydrogen) atoms. The minimum Gasteiger partial charge on any atom is -0.327 e. The van der Waals surface area contributed by atoms with Crippen molar-refractivity contribution >= 4 is 10.8 Å². The van der Waals surface area contributed by atoms with Crippen molar-refractivity contribution in [3.8, 4) is 11.4 Å². The molecule has 1 aromatic heterocycles. The molecular weight excluding hydrogens is 450 g/mol. The van der Waals surface area contributed by atoms with Gasteiger partial charge in [0.1, 0.15) is 5.82 Å². The van der Waals surface area contributed by atoms with Gasteiger partial charge in [-0.2, -0.15) is 0 Å². The first-order valence-corrected chi connectivity index (χ1v) is 13.5. The van der Waals surface area contributed by atoms with Crippen LogP contribution in [-0.4, -0.2) is 14.5 Å². The summed E-state index contributed by atoms with van der Waals surface area (Å²) >= 11 is 0. The Kier molecular flexibility index (Phi) is 7.82. The predicted octanol–water partition coefficient (Wildman–Crippen LogP) is 8.32. The topological polar surface area (TPSA) is 21.1 Å². The number of nitrogens with zero attached hydrogens (tertiary/aromatic N) is 3. The van der Waals surface area contributed by atoms with Gasteiger partial charge in [-0.1, -0.05) is 104 Å². The third-order valence-corrected chi connectivity index (χ3v) is 7.34. The molecule has 0 aliphatic heterocycles. The molecule has 0 amide bonds. The normalized spacial score (nSPS) is 11.5. The molecule has 0 aliphatic carbocycles. The van der Waals surface area contributed by atoms with Crippen molar-refractivity contribution in [2.75, 3.05) is 0 Å². The molecule has 0 fully saturated rings. The third kappa shape index (κ3) is 5.84. The molecular formula is C34H37N3. The van der Waals surface area contributed by atoms with Gasteiger partial charge in [0.15, 0.2) is 0 Å². The second-order valence-electron chi connectivity index (χ2n) is 10.1. The summed E-state index contributed by atoms with van der Waals surface area (Å²) in [4.78, 5) is 7.49. The molecule has 0 bridgehead atoms. The standard InChI is InChI=1S/C34H37N3/c1-4-5-20-37-32(22-35-34(37)30-13-7-6-8-14-30)25-36(23-28-19-18-26(2)27(3)21-28)24-31-16-11-15-29-12-9-10-17-33(29)31/h6-19,21-22H,4-5,20,23-25H2,1-3H3. The van der Waals surface area contributed by atoms with Crippen LogP contribution >= 0.6 is 0 Å². The number of benzene rings is 4. The van der Waals surface area contributed by atoms with Crippen LogP contribution in [0, 0.1) is 13.8 Å². The summed E-state index contributed by atoms with van der Waals surface area (Å²) in [6.45, 7) is 10.3. The highest BCUT2D eigenvalue weighted by Gasteiger charge is 2.17. The van der Waals surface area contributed by atoms with Crippen molar-refractivity contribution < 1.29 is 0 Å². The average Bonchev–Trinajstić information content (AvgIpc) is 3.32. The van der Waals surface area contributed by atoms with Crippen LogP contribution in [-0.2, 0) is 26.2 Å². The van der Waals surface area contributed by atoms with Crippen molar-refractivity contribution in [2.45, 2.75) is 59.8 Å². The number of hydrogen-bond acceptors (Lipinski definition) is 2. The van der Waals surface area contributed by atoms with Crippen LogP contribution in [0.5, 0.6) is 0 Å². The van der Waals surface area contributed by atoms with Crippen molar-refractivity contribution in [2.24, 2.45) is 0 Å². The minimum atomic E-state index is 0.847. The fourth-order valence-electron chi connectivity index (χ4n) is 5.15. The summed E-state index contributed by atoms with van der Waals surface area (Å²) < 4.78 is 2.44. The van der Waals surface area contributed by atoms with Gasteiger partial charge in [-0.05, 0) is 53.3 Å². The lowest BCUT2D eigenvalue weighted by molar-refractivity contribution is 0.242. The number of rotatable bonds is 10. The van der Waals surface area contributed by atoms with E-state index in [0.717, 1.165) is 44.8 Å². The van der Waals surface area contributed by atoms with Gasteiger partial charge in [0.05, 0.1) is 11.9 Å². The molecule has 0 saturated heterocycles. The van der Waals surface area contributed by atoms with E-state index in [1.807, 2.05) is 0 Å². The van der Waals surface area contributed by atoms with Gasteiger partial charge in [-0.3, -0.25) is 4.90 Å². The van der Waals surface area contributed by atoms with Gasteiger partial charge < -0.3 is 4.57 Å². The SMILES string of the molecule is CCCCn1c(CN(Cc2ccc(C)c(C)c2)Cc2cccc3ccccc23)cnc1-c1ccccc1. The third-order valence-electron chi connectivity index (χ3n) is 7.34. The predicted molar refractivity (Wildman–Crippen MR) is 155 cm³/mol. The van der Waals surface area contributed by atoms with Gasteiger partial charge in [0.25, 0.3) is 0 Å². The number of unbranched alkanes of at least 4 members (excludes halogenated alkanes) is 1. The van der Waals surface area contributed by atoms with E-state index in [1.165, 1.54) is 44.3 Å². The number of aryl methyl sites for hydroxylation is 2. The highest BCUT2D eigenvalue weighted by Crippen LogP contribution is 2.25. The second kappa shape index (κ2) is 11.6. The quantitative estimate of drug-likeness (QED) is 0.197. The Morgan fingerprint density at radius 3 is 2.35 bits per heavy atom. The van der Waals surface area contributed by atoms with Crippen LogP contribution in [0.2, 0.25) is 0 Å². The highest BCUT2D eigenvalue weighted by molar-refractivity contribution is 5.85. The van der Waals surface area contributed by atoms with Gasteiger partial charge in [0, 0.05) is 31.7 Å². The van der Waals surface area contributed by atoms with Gasteiger partial charge in [-0.25, -0.2) is 4.98 Å². The van der Waals surface area contributed by atoms with Gasteiger partial charge in [-0.15, -0.1) is 0 Å². The van der Waals surface area contributed by atoms with Crippen molar-refractivity contribution in [1.82, 2.24) is 14.5 Å². The first-order chi connectivity index (χ1) is 18.1. The molecule has 5 aromatic rings. The number of fused-ring (bicyclic) bond motifs is 1. The summed E-state index contributed by atoms with van der Waals surface area (Å²) in [5.74, 6) is 1.07. The molecule has 0 radical (unpaired) electrons. The lowest BCUT2D eigenvalue weighted by Crippen LogP contribution is -2.24. The zero-order valence-corrected chi connectivity index (χ0v) is 22.3. The number of aromatic nitrogens is 2. The number of hydrogen-bond donors (Lipinski definition) is 0. The summed E-state index contributed by atoms with van der Waals surface area (Å²) in [6, 6.07) is 32.9. The zero-order valence-electron chi connectivity index (χ0n) is 22.3. The molecule has 3 heteroatoms. The van der Waals surface area contributed by atoms with E-state index in [1.54, 1.807) is 0 Å². The fourth-order valence-corrected chi connectivity index (χ4v) is 5.15. The van der Waals surface area contributed by atoms with Gasteiger partial charge in [0.2, 0.25) is 0 Å². The maximum absolute atomic E-state index is 4.92. The van der Waals surface area contributed by atoms with Crippen molar-refractivity contribution in [3.63, 3.8) is 0 Å². The van der Waals surface area contributed by atoms with Crippen molar-refractivity contribution in [3.05, 3.63) is 125 Å².